The Balaban J connectivity index is 2.04. The molecular formula is C13H13N3OS. The van der Waals surface area contributed by atoms with E-state index >= 15 is 0 Å². The van der Waals surface area contributed by atoms with Crippen molar-refractivity contribution in [1.29, 1.82) is 0 Å². The van der Waals surface area contributed by atoms with E-state index in [9.17, 15) is 0 Å². The van der Waals surface area contributed by atoms with Crippen LogP contribution in [-0.2, 0) is 11.5 Å². The minimum Gasteiger partial charge on any atom is -0.361 e. The van der Waals surface area contributed by atoms with Crippen LogP contribution in [0, 0.1) is 6.92 Å². The molecule has 0 saturated carbocycles. The lowest BCUT2D eigenvalue weighted by Gasteiger charge is -1.98. The molecule has 0 N–H and O–H groups in total. The van der Waals surface area contributed by atoms with Gasteiger partial charge in [0.05, 0.1) is 6.20 Å². The van der Waals surface area contributed by atoms with Crippen molar-refractivity contribution in [2.45, 2.75) is 13.7 Å². The molecule has 18 heavy (non-hydrogen) atoms. The highest BCUT2D eigenvalue weighted by Gasteiger charge is 2.06. The van der Waals surface area contributed by atoms with Gasteiger partial charge in [-0.25, -0.2) is 0 Å². The standard InChI is InChI=1S/C13H13N3OS/c1-9-7-18-13-4-3-10(5-11(9)13)12-6-14-16(15-12)8-17-2/h3-7H,8H2,1-2H3. The van der Waals surface area contributed by atoms with Gasteiger partial charge in [0.25, 0.3) is 0 Å². The monoisotopic (exact) mass is 259 g/mol. The number of aromatic nitrogens is 3. The van der Waals surface area contributed by atoms with E-state index in [1.165, 1.54) is 15.6 Å². The highest BCUT2D eigenvalue weighted by molar-refractivity contribution is 7.17. The summed E-state index contributed by atoms with van der Waals surface area (Å²) in [6.45, 7) is 2.50. The van der Waals surface area contributed by atoms with Crippen molar-refractivity contribution in [3.63, 3.8) is 0 Å². The van der Waals surface area contributed by atoms with Crippen LogP contribution in [0.2, 0.25) is 0 Å². The summed E-state index contributed by atoms with van der Waals surface area (Å²) in [5.74, 6) is 0. The molecule has 0 fully saturated rings. The molecule has 2 aromatic heterocycles. The Bertz CT molecular complexity index is 686. The largest absolute Gasteiger partial charge is 0.361 e. The number of methoxy groups -OCH3 is 1. The van der Waals surface area contributed by atoms with Crippen LogP contribution < -0.4 is 0 Å². The average Bonchev–Trinajstić information content (AvgIpc) is 2.98. The van der Waals surface area contributed by atoms with Crippen LogP contribution in [0.5, 0.6) is 0 Å². The number of rotatable bonds is 3. The van der Waals surface area contributed by atoms with Crippen LogP contribution in [-0.4, -0.2) is 22.1 Å². The maximum absolute atomic E-state index is 4.99. The van der Waals surface area contributed by atoms with Gasteiger partial charge in [0.2, 0.25) is 0 Å². The predicted molar refractivity (Wildman–Crippen MR) is 72.6 cm³/mol. The van der Waals surface area contributed by atoms with E-state index in [0.29, 0.717) is 6.73 Å². The van der Waals surface area contributed by atoms with Crippen LogP contribution >= 0.6 is 11.3 Å². The third-order valence-corrected chi connectivity index (χ3v) is 3.93. The Hall–Kier alpha value is -1.72. The quantitative estimate of drug-likeness (QED) is 0.725. The first kappa shape index (κ1) is 11.4. The molecule has 5 heteroatoms. The second-order valence-corrected chi connectivity index (χ2v) is 5.06. The maximum atomic E-state index is 4.99. The zero-order valence-electron chi connectivity index (χ0n) is 10.3. The normalized spacial score (nSPS) is 11.2. The van der Waals surface area contributed by atoms with E-state index in [4.69, 9.17) is 4.74 Å². The molecule has 0 amide bonds. The summed E-state index contributed by atoms with van der Waals surface area (Å²) < 4.78 is 6.30. The molecular weight excluding hydrogens is 246 g/mol. The molecule has 2 heterocycles. The molecule has 0 atom stereocenters. The molecule has 3 rings (SSSR count). The number of ether oxygens (including phenoxy) is 1. The lowest BCUT2D eigenvalue weighted by Crippen LogP contribution is -2.03. The van der Waals surface area contributed by atoms with Crippen molar-refractivity contribution in [3.05, 3.63) is 35.3 Å². The minimum absolute atomic E-state index is 0.375. The maximum Gasteiger partial charge on any atom is 0.158 e. The Morgan fingerprint density at radius 1 is 1.39 bits per heavy atom. The van der Waals surface area contributed by atoms with Crippen molar-refractivity contribution in [2.24, 2.45) is 0 Å². The zero-order chi connectivity index (χ0) is 12.5. The van der Waals surface area contributed by atoms with Gasteiger partial charge in [0, 0.05) is 17.4 Å². The first-order valence-corrected chi connectivity index (χ1v) is 6.53. The second kappa shape index (κ2) is 4.51. The molecule has 3 aromatic rings. The van der Waals surface area contributed by atoms with Crippen molar-refractivity contribution in [3.8, 4) is 11.3 Å². The van der Waals surface area contributed by atoms with Crippen molar-refractivity contribution in [2.75, 3.05) is 7.11 Å². The minimum atomic E-state index is 0.375. The summed E-state index contributed by atoms with van der Waals surface area (Å²) in [5, 5.41) is 12.0. The number of nitrogens with zero attached hydrogens (tertiary/aromatic N) is 3. The molecule has 0 saturated heterocycles. The topological polar surface area (TPSA) is 39.9 Å². The molecule has 0 bridgehead atoms. The molecule has 0 aliphatic rings. The van der Waals surface area contributed by atoms with Gasteiger partial charge in [-0.05, 0) is 35.4 Å². The molecule has 0 radical (unpaired) electrons. The Morgan fingerprint density at radius 3 is 3.11 bits per heavy atom. The third kappa shape index (κ3) is 1.91. The van der Waals surface area contributed by atoms with Gasteiger partial charge in [0.1, 0.15) is 5.69 Å². The average molecular weight is 259 g/mol. The number of thiophene rings is 1. The number of fused-ring (bicyclic) bond motifs is 1. The van der Waals surface area contributed by atoms with Gasteiger partial charge < -0.3 is 4.74 Å². The zero-order valence-corrected chi connectivity index (χ0v) is 11.1. The summed E-state index contributed by atoms with van der Waals surface area (Å²) in [6, 6.07) is 6.39. The summed E-state index contributed by atoms with van der Waals surface area (Å²) in [7, 11) is 1.63. The molecule has 0 spiro atoms. The van der Waals surface area contributed by atoms with Crippen molar-refractivity contribution >= 4 is 21.4 Å². The van der Waals surface area contributed by atoms with Crippen LogP contribution in [0.25, 0.3) is 21.3 Å². The number of hydrogen-bond acceptors (Lipinski definition) is 4. The molecule has 0 unspecified atom stereocenters. The van der Waals surface area contributed by atoms with E-state index < -0.39 is 0 Å². The predicted octanol–water partition coefficient (Wildman–Crippen LogP) is 3.07. The lowest BCUT2D eigenvalue weighted by molar-refractivity contribution is 0.108. The van der Waals surface area contributed by atoms with Crippen molar-refractivity contribution < 1.29 is 4.74 Å². The van der Waals surface area contributed by atoms with Crippen molar-refractivity contribution in [1.82, 2.24) is 15.0 Å². The molecule has 4 nitrogen and oxygen atoms in total. The van der Waals surface area contributed by atoms with Gasteiger partial charge in [0.15, 0.2) is 6.73 Å². The number of hydrogen-bond donors (Lipinski definition) is 0. The van der Waals surface area contributed by atoms with Crippen LogP contribution in [0.15, 0.2) is 29.8 Å². The fraction of sp³-hybridized carbons (Fsp3) is 0.231. The number of benzene rings is 1. The fourth-order valence-corrected chi connectivity index (χ4v) is 2.85. The summed E-state index contributed by atoms with van der Waals surface area (Å²) in [4.78, 5) is 1.54. The smallest absolute Gasteiger partial charge is 0.158 e. The van der Waals surface area contributed by atoms with Gasteiger partial charge in [-0.15, -0.1) is 11.3 Å². The fourth-order valence-electron chi connectivity index (χ4n) is 1.92. The van der Waals surface area contributed by atoms with E-state index in [2.05, 4.69) is 40.7 Å². The van der Waals surface area contributed by atoms with Crippen LogP contribution in [0.1, 0.15) is 5.56 Å². The first-order valence-electron chi connectivity index (χ1n) is 5.65. The van der Waals surface area contributed by atoms with Crippen LogP contribution in [0.4, 0.5) is 0 Å². The van der Waals surface area contributed by atoms with E-state index in [0.717, 1.165) is 11.3 Å². The van der Waals surface area contributed by atoms with Gasteiger partial charge in [-0.3, -0.25) is 0 Å². The molecule has 92 valence electrons. The second-order valence-electron chi connectivity index (χ2n) is 4.15. The van der Waals surface area contributed by atoms with Crippen LogP contribution in [0.3, 0.4) is 0 Å². The van der Waals surface area contributed by atoms with E-state index in [1.54, 1.807) is 29.4 Å². The summed E-state index contributed by atoms with van der Waals surface area (Å²) >= 11 is 1.77. The SMILES string of the molecule is COCn1ncc(-c2ccc3scc(C)c3c2)n1. The molecule has 0 aliphatic carbocycles. The van der Waals surface area contributed by atoms with E-state index in [1.807, 2.05) is 0 Å². The first-order chi connectivity index (χ1) is 8.78. The molecule has 1 aromatic carbocycles. The highest BCUT2D eigenvalue weighted by atomic mass is 32.1. The highest BCUT2D eigenvalue weighted by Crippen LogP contribution is 2.29. The number of aryl methyl sites for hydroxylation is 1. The molecule has 0 aliphatic heterocycles. The Labute approximate surface area is 109 Å². The van der Waals surface area contributed by atoms with Gasteiger partial charge in [-0.1, -0.05) is 6.07 Å². The van der Waals surface area contributed by atoms with Gasteiger partial charge in [-0.2, -0.15) is 15.0 Å². The Morgan fingerprint density at radius 2 is 2.28 bits per heavy atom. The third-order valence-electron chi connectivity index (χ3n) is 2.84. The summed E-state index contributed by atoms with van der Waals surface area (Å²) in [6.07, 6.45) is 1.77. The lowest BCUT2D eigenvalue weighted by atomic mass is 10.1. The Kier molecular flexibility index (Phi) is 2.85. The van der Waals surface area contributed by atoms with Gasteiger partial charge >= 0.3 is 0 Å². The summed E-state index contributed by atoms with van der Waals surface area (Å²) in [5.41, 5.74) is 3.27. The van der Waals surface area contributed by atoms with E-state index in [-0.39, 0.29) is 0 Å².